The van der Waals surface area contributed by atoms with Crippen molar-refractivity contribution in [1.82, 2.24) is 5.32 Å². The summed E-state index contributed by atoms with van der Waals surface area (Å²) in [5.74, 6) is 0.343. The molecule has 2 nitrogen and oxygen atoms in total. The summed E-state index contributed by atoms with van der Waals surface area (Å²) in [5.41, 5.74) is 1.32. The topological polar surface area (TPSA) is 29.1 Å². The molecule has 0 aliphatic carbocycles. The summed E-state index contributed by atoms with van der Waals surface area (Å²) in [6.07, 6.45) is 0.736. The highest BCUT2D eigenvalue weighted by molar-refractivity contribution is 5.82. The molecule has 0 spiro atoms. The smallest absolute Gasteiger partial charge is 0.147 e. The minimum atomic E-state index is 0.343. The van der Waals surface area contributed by atoms with Crippen molar-refractivity contribution in [3.8, 4) is 0 Å². The molecular formula is C11H15NO. The summed E-state index contributed by atoms with van der Waals surface area (Å²) in [6.45, 7) is 3.57. The molecule has 0 aromatic heterocycles. The first kappa shape index (κ1) is 9.93. The van der Waals surface area contributed by atoms with Crippen LogP contribution < -0.4 is 5.32 Å². The molecule has 0 radical (unpaired) electrons. The summed E-state index contributed by atoms with van der Waals surface area (Å²) >= 11 is 0. The van der Waals surface area contributed by atoms with Crippen molar-refractivity contribution in [3.05, 3.63) is 35.9 Å². The van der Waals surface area contributed by atoms with Crippen LogP contribution in [0.15, 0.2) is 30.3 Å². The SMILES string of the molecule is Cc1ccccc1.O=C1CCNC1. The third-order valence-electron chi connectivity index (χ3n) is 1.84. The fourth-order valence-electron chi connectivity index (χ4n) is 1.08. The van der Waals surface area contributed by atoms with Crippen LogP contribution in [0.4, 0.5) is 0 Å². The van der Waals surface area contributed by atoms with E-state index in [0.29, 0.717) is 12.3 Å². The Morgan fingerprint density at radius 1 is 1.23 bits per heavy atom. The van der Waals surface area contributed by atoms with Crippen LogP contribution in [0.25, 0.3) is 0 Å². The van der Waals surface area contributed by atoms with E-state index in [4.69, 9.17) is 0 Å². The lowest BCUT2D eigenvalue weighted by Gasteiger charge is -1.82. The molecule has 13 heavy (non-hydrogen) atoms. The average molecular weight is 177 g/mol. The maximum Gasteiger partial charge on any atom is 0.147 e. The van der Waals surface area contributed by atoms with E-state index in [1.807, 2.05) is 18.2 Å². The highest BCUT2D eigenvalue weighted by atomic mass is 16.1. The lowest BCUT2D eigenvalue weighted by Crippen LogP contribution is -2.07. The van der Waals surface area contributed by atoms with Gasteiger partial charge in [-0.15, -0.1) is 0 Å². The number of aryl methyl sites for hydroxylation is 1. The summed E-state index contributed by atoms with van der Waals surface area (Å²) in [4.78, 5) is 10.2. The predicted octanol–water partition coefficient (Wildman–Crippen LogP) is 1.54. The highest BCUT2D eigenvalue weighted by Crippen LogP contribution is 1.92. The van der Waals surface area contributed by atoms with Crippen molar-refractivity contribution in [2.75, 3.05) is 13.1 Å². The first-order valence-corrected chi connectivity index (χ1v) is 4.53. The van der Waals surface area contributed by atoms with Gasteiger partial charge in [-0.2, -0.15) is 0 Å². The summed E-state index contributed by atoms with van der Waals surface area (Å²) in [5, 5.41) is 2.92. The van der Waals surface area contributed by atoms with Gasteiger partial charge in [-0.05, 0) is 6.92 Å². The van der Waals surface area contributed by atoms with E-state index >= 15 is 0 Å². The van der Waals surface area contributed by atoms with Gasteiger partial charge in [-0.25, -0.2) is 0 Å². The van der Waals surface area contributed by atoms with Crippen molar-refractivity contribution in [2.45, 2.75) is 13.3 Å². The molecule has 1 aliphatic rings. The van der Waals surface area contributed by atoms with E-state index < -0.39 is 0 Å². The van der Waals surface area contributed by atoms with Crippen LogP contribution in [0.1, 0.15) is 12.0 Å². The second-order valence-electron chi connectivity index (χ2n) is 3.12. The zero-order chi connectivity index (χ0) is 9.52. The van der Waals surface area contributed by atoms with Crippen molar-refractivity contribution >= 4 is 5.78 Å². The largest absolute Gasteiger partial charge is 0.310 e. The maximum absolute atomic E-state index is 10.2. The van der Waals surface area contributed by atoms with E-state index in [2.05, 4.69) is 24.4 Å². The molecule has 1 aliphatic heterocycles. The fourth-order valence-corrected chi connectivity index (χ4v) is 1.08. The first-order valence-electron chi connectivity index (χ1n) is 4.53. The Labute approximate surface area is 79.0 Å². The predicted molar refractivity (Wildman–Crippen MR) is 53.7 cm³/mol. The molecule has 70 valence electrons. The number of nitrogens with one attached hydrogen (secondary N) is 1. The molecule has 0 unspecified atom stereocenters. The van der Waals surface area contributed by atoms with E-state index in [1.54, 1.807) is 0 Å². The van der Waals surface area contributed by atoms with Crippen LogP contribution in [-0.2, 0) is 4.79 Å². The quantitative estimate of drug-likeness (QED) is 0.651. The molecule has 0 atom stereocenters. The van der Waals surface area contributed by atoms with E-state index in [1.165, 1.54) is 5.56 Å². The van der Waals surface area contributed by atoms with Crippen molar-refractivity contribution < 1.29 is 4.79 Å². The molecule has 1 saturated heterocycles. The van der Waals surface area contributed by atoms with E-state index in [9.17, 15) is 4.79 Å². The van der Waals surface area contributed by atoms with Gasteiger partial charge in [0.15, 0.2) is 0 Å². The number of hydrogen-bond acceptors (Lipinski definition) is 2. The molecule has 1 aromatic rings. The van der Waals surface area contributed by atoms with E-state index in [0.717, 1.165) is 13.0 Å². The Balaban J connectivity index is 0.000000132. The Kier molecular flexibility index (Phi) is 4.19. The number of hydrogen-bond donors (Lipinski definition) is 1. The molecule has 2 heteroatoms. The van der Waals surface area contributed by atoms with Crippen molar-refractivity contribution in [3.63, 3.8) is 0 Å². The fraction of sp³-hybridized carbons (Fsp3) is 0.364. The number of benzene rings is 1. The van der Waals surface area contributed by atoms with Gasteiger partial charge in [-0.3, -0.25) is 4.79 Å². The highest BCUT2D eigenvalue weighted by Gasteiger charge is 2.06. The molecule has 1 fully saturated rings. The van der Waals surface area contributed by atoms with Gasteiger partial charge in [0.2, 0.25) is 0 Å². The Hall–Kier alpha value is -1.15. The summed E-state index contributed by atoms with van der Waals surface area (Å²) in [7, 11) is 0. The summed E-state index contributed by atoms with van der Waals surface area (Å²) in [6, 6.07) is 10.3. The minimum absolute atomic E-state index is 0.343. The normalized spacial score (nSPS) is 15.0. The molecule has 1 N–H and O–H groups in total. The van der Waals surface area contributed by atoms with Crippen LogP contribution in [0.2, 0.25) is 0 Å². The second-order valence-corrected chi connectivity index (χ2v) is 3.12. The number of carbonyl (C=O) groups excluding carboxylic acids is 1. The monoisotopic (exact) mass is 177 g/mol. The van der Waals surface area contributed by atoms with Crippen LogP contribution in [0, 0.1) is 6.92 Å². The average Bonchev–Trinajstić information content (AvgIpc) is 2.58. The third kappa shape index (κ3) is 4.43. The van der Waals surface area contributed by atoms with Crippen molar-refractivity contribution in [1.29, 1.82) is 0 Å². The van der Waals surface area contributed by atoms with Crippen LogP contribution >= 0.6 is 0 Å². The molecule has 1 aromatic carbocycles. The first-order chi connectivity index (χ1) is 6.29. The van der Waals surface area contributed by atoms with Gasteiger partial charge in [0.25, 0.3) is 0 Å². The minimum Gasteiger partial charge on any atom is -0.310 e. The molecule has 2 rings (SSSR count). The number of carbonyl (C=O) groups is 1. The lowest BCUT2D eigenvalue weighted by molar-refractivity contribution is -0.116. The second kappa shape index (κ2) is 5.49. The van der Waals surface area contributed by atoms with Gasteiger partial charge in [-0.1, -0.05) is 35.9 Å². The third-order valence-corrected chi connectivity index (χ3v) is 1.84. The summed E-state index contributed by atoms with van der Waals surface area (Å²) < 4.78 is 0. The molecule has 0 amide bonds. The molecule has 0 saturated carbocycles. The Morgan fingerprint density at radius 2 is 1.92 bits per heavy atom. The Morgan fingerprint density at radius 3 is 2.15 bits per heavy atom. The van der Waals surface area contributed by atoms with Gasteiger partial charge < -0.3 is 5.32 Å². The number of ketones is 1. The number of rotatable bonds is 0. The standard InChI is InChI=1S/C7H8.C4H7NO/c1-7-5-3-2-4-6-7;6-4-1-2-5-3-4/h2-6H,1H3;5H,1-3H2. The van der Waals surface area contributed by atoms with Crippen LogP contribution in [-0.4, -0.2) is 18.9 Å². The van der Waals surface area contributed by atoms with Gasteiger partial charge >= 0.3 is 0 Å². The van der Waals surface area contributed by atoms with Gasteiger partial charge in [0.1, 0.15) is 5.78 Å². The van der Waals surface area contributed by atoms with E-state index in [-0.39, 0.29) is 0 Å². The molecular weight excluding hydrogens is 162 g/mol. The van der Waals surface area contributed by atoms with Crippen molar-refractivity contribution in [2.24, 2.45) is 0 Å². The zero-order valence-corrected chi connectivity index (χ0v) is 7.92. The molecule has 0 bridgehead atoms. The lowest BCUT2D eigenvalue weighted by atomic mass is 10.2. The van der Waals surface area contributed by atoms with Gasteiger partial charge in [0, 0.05) is 13.0 Å². The van der Waals surface area contributed by atoms with Gasteiger partial charge in [0.05, 0.1) is 6.54 Å². The maximum atomic E-state index is 10.2. The van der Waals surface area contributed by atoms with Crippen LogP contribution in [0.3, 0.4) is 0 Å². The zero-order valence-electron chi connectivity index (χ0n) is 7.92. The Bertz CT molecular complexity index is 248. The molecule has 1 heterocycles. The number of Topliss-reactive ketones (excluding diaryl/α,β-unsaturated/α-hetero) is 1. The van der Waals surface area contributed by atoms with Crippen LogP contribution in [0.5, 0.6) is 0 Å².